The molecular formula is C16H18BrNO2S. The number of sulfonamides is 1. The van der Waals surface area contributed by atoms with Crippen molar-refractivity contribution in [3.05, 3.63) is 58.1 Å². The molecule has 0 saturated heterocycles. The van der Waals surface area contributed by atoms with Gasteiger partial charge in [-0.05, 0) is 64.7 Å². The summed E-state index contributed by atoms with van der Waals surface area (Å²) in [6, 6.07) is 12.8. The number of hydrogen-bond donors (Lipinski definition) is 0. The van der Waals surface area contributed by atoms with Gasteiger partial charge in [0.15, 0.2) is 0 Å². The largest absolute Gasteiger partial charge is 0.269 e. The zero-order chi connectivity index (χ0) is 15.6. The van der Waals surface area contributed by atoms with E-state index in [-0.39, 0.29) is 4.90 Å². The highest BCUT2D eigenvalue weighted by Gasteiger charge is 2.23. The van der Waals surface area contributed by atoms with Crippen LogP contribution in [0, 0.1) is 6.92 Å². The van der Waals surface area contributed by atoms with E-state index in [1.165, 1.54) is 9.87 Å². The van der Waals surface area contributed by atoms with E-state index in [0.29, 0.717) is 10.2 Å². The molecule has 0 radical (unpaired) electrons. The Labute approximate surface area is 134 Å². The van der Waals surface area contributed by atoms with Gasteiger partial charge in [-0.1, -0.05) is 25.1 Å². The van der Waals surface area contributed by atoms with Crippen molar-refractivity contribution >= 4 is 31.6 Å². The van der Waals surface area contributed by atoms with Crippen LogP contribution in [0.1, 0.15) is 18.1 Å². The smallest absolute Gasteiger partial charge is 0.265 e. The number of nitrogens with zero attached hydrogens (tertiary/aromatic N) is 1. The number of halogens is 1. The Morgan fingerprint density at radius 2 is 1.71 bits per heavy atom. The van der Waals surface area contributed by atoms with Crippen molar-refractivity contribution in [1.82, 2.24) is 0 Å². The first-order valence-electron chi connectivity index (χ1n) is 6.70. The van der Waals surface area contributed by atoms with Gasteiger partial charge in [-0.2, -0.15) is 0 Å². The first kappa shape index (κ1) is 16.0. The lowest BCUT2D eigenvalue weighted by Crippen LogP contribution is -2.26. The van der Waals surface area contributed by atoms with Crippen molar-refractivity contribution in [2.24, 2.45) is 0 Å². The minimum atomic E-state index is -3.57. The van der Waals surface area contributed by atoms with Gasteiger partial charge in [-0.15, -0.1) is 0 Å². The van der Waals surface area contributed by atoms with Crippen molar-refractivity contribution in [3.63, 3.8) is 0 Å². The maximum absolute atomic E-state index is 12.7. The van der Waals surface area contributed by atoms with Gasteiger partial charge < -0.3 is 0 Å². The molecule has 3 nitrogen and oxygen atoms in total. The second-order valence-corrected chi connectivity index (χ2v) is 7.72. The van der Waals surface area contributed by atoms with Crippen LogP contribution in [0.15, 0.2) is 51.8 Å². The first-order chi connectivity index (χ1) is 9.86. The molecule has 5 heteroatoms. The van der Waals surface area contributed by atoms with Gasteiger partial charge in [-0.3, -0.25) is 4.31 Å². The lowest BCUT2D eigenvalue weighted by atomic mass is 10.1. The maximum Gasteiger partial charge on any atom is 0.265 e. The SMILES string of the molecule is CCc1ccc(N(C)S(=O)(=O)c2ccc(C)cc2Br)cc1. The third-order valence-electron chi connectivity index (χ3n) is 3.43. The molecule has 0 N–H and O–H groups in total. The summed E-state index contributed by atoms with van der Waals surface area (Å²) >= 11 is 3.34. The number of benzene rings is 2. The summed E-state index contributed by atoms with van der Waals surface area (Å²) < 4.78 is 27.3. The molecule has 2 aromatic rings. The van der Waals surface area contributed by atoms with Crippen molar-refractivity contribution < 1.29 is 8.42 Å². The van der Waals surface area contributed by atoms with Gasteiger partial charge in [0, 0.05) is 11.5 Å². The highest BCUT2D eigenvalue weighted by atomic mass is 79.9. The average Bonchev–Trinajstić information content (AvgIpc) is 2.46. The minimum absolute atomic E-state index is 0.273. The van der Waals surface area contributed by atoms with Crippen LogP contribution in [0.25, 0.3) is 0 Å². The van der Waals surface area contributed by atoms with Crippen LogP contribution >= 0.6 is 15.9 Å². The van der Waals surface area contributed by atoms with E-state index in [1.807, 2.05) is 31.2 Å². The lowest BCUT2D eigenvalue weighted by molar-refractivity contribution is 0.594. The Morgan fingerprint density at radius 1 is 1.10 bits per heavy atom. The van der Waals surface area contributed by atoms with E-state index in [2.05, 4.69) is 22.9 Å². The molecule has 2 rings (SSSR count). The first-order valence-corrected chi connectivity index (χ1v) is 8.93. The van der Waals surface area contributed by atoms with E-state index in [1.54, 1.807) is 25.2 Å². The molecule has 0 aromatic heterocycles. The fourth-order valence-electron chi connectivity index (χ4n) is 2.04. The van der Waals surface area contributed by atoms with Gasteiger partial charge in [0.25, 0.3) is 10.0 Å². The molecule has 0 heterocycles. The molecule has 0 spiro atoms. The number of aryl methyl sites for hydroxylation is 2. The summed E-state index contributed by atoms with van der Waals surface area (Å²) in [5.74, 6) is 0. The van der Waals surface area contributed by atoms with E-state index < -0.39 is 10.0 Å². The summed E-state index contributed by atoms with van der Waals surface area (Å²) in [5, 5.41) is 0. The Bertz CT molecular complexity index is 739. The van der Waals surface area contributed by atoms with Gasteiger partial charge in [-0.25, -0.2) is 8.42 Å². The summed E-state index contributed by atoms with van der Waals surface area (Å²) in [6.45, 7) is 3.99. The van der Waals surface area contributed by atoms with Gasteiger partial charge >= 0.3 is 0 Å². The highest BCUT2D eigenvalue weighted by Crippen LogP contribution is 2.28. The predicted molar refractivity (Wildman–Crippen MR) is 90.3 cm³/mol. The zero-order valence-electron chi connectivity index (χ0n) is 12.3. The Morgan fingerprint density at radius 3 is 2.24 bits per heavy atom. The monoisotopic (exact) mass is 367 g/mol. The molecule has 2 aromatic carbocycles. The normalized spacial score (nSPS) is 11.4. The van der Waals surface area contributed by atoms with Crippen LogP contribution in [-0.4, -0.2) is 15.5 Å². The van der Waals surface area contributed by atoms with E-state index in [0.717, 1.165) is 12.0 Å². The Hall–Kier alpha value is -1.33. The Kier molecular flexibility index (Phi) is 4.74. The molecule has 0 fully saturated rings. The summed E-state index contributed by atoms with van der Waals surface area (Å²) in [5.41, 5.74) is 2.84. The van der Waals surface area contributed by atoms with Gasteiger partial charge in [0.2, 0.25) is 0 Å². The molecule has 0 bridgehead atoms. The Balaban J connectivity index is 2.42. The maximum atomic E-state index is 12.7. The van der Waals surface area contributed by atoms with Crippen LogP contribution in [0.3, 0.4) is 0 Å². The van der Waals surface area contributed by atoms with Crippen LogP contribution < -0.4 is 4.31 Å². The minimum Gasteiger partial charge on any atom is -0.269 e. The van der Waals surface area contributed by atoms with E-state index in [4.69, 9.17) is 0 Å². The summed E-state index contributed by atoms with van der Waals surface area (Å²) in [7, 11) is -2.00. The second kappa shape index (κ2) is 6.20. The number of hydrogen-bond acceptors (Lipinski definition) is 2. The number of rotatable bonds is 4. The van der Waals surface area contributed by atoms with Crippen molar-refractivity contribution in [2.45, 2.75) is 25.2 Å². The molecule has 0 amide bonds. The second-order valence-electron chi connectivity index (χ2n) is 4.93. The van der Waals surface area contributed by atoms with Crippen molar-refractivity contribution in [1.29, 1.82) is 0 Å². The third kappa shape index (κ3) is 3.30. The van der Waals surface area contributed by atoms with Gasteiger partial charge in [0.1, 0.15) is 4.90 Å². The quantitative estimate of drug-likeness (QED) is 0.813. The summed E-state index contributed by atoms with van der Waals surface area (Å²) in [4.78, 5) is 0.273. The molecular weight excluding hydrogens is 350 g/mol. The number of anilines is 1. The highest BCUT2D eigenvalue weighted by molar-refractivity contribution is 9.10. The average molecular weight is 368 g/mol. The fraction of sp³-hybridized carbons (Fsp3) is 0.250. The molecule has 0 aliphatic heterocycles. The molecule has 0 atom stereocenters. The fourth-order valence-corrected chi connectivity index (χ4v) is 4.39. The topological polar surface area (TPSA) is 37.4 Å². The molecule has 0 saturated carbocycles. The van der Waals surface area contributed by atoms with Crippen molar-refractivity contribution in [2.75, 3.05) is 11.4 Å². The van der Waals surface area contributed by atoms with Gasteiger partial charge in [0.05, 0.1) is 5.69 Å². The van der Waals surface area contributed by atoms with Crippen LogP contribution in [0.5, 0.6) is 0 Å². The molecule has 112 valence electrons. The third-order valence-corrected chi connectivity index (χ3v) is 6.20. The summed E-state index contributed by atoms with van der Waals surface area (Å²) in [6.07, 6.45) is 0.931. The molecule has 21 heavy (non-hydrogen) atoms. The van der Waals surface area contributed by atoms with E-state index >= 15 is 0 Å². The molecule has 0 aliphatic rings. The standard InChI is InChI=1S/C16H18BrNO2S/c1-4-13-6-8-14(9-7-13)18(3)21(19,20)16-10-5-12(2)11-15(16)17/h5-11H,4H2,1-3H3. The van der Waals surface area contributed by atoms with E-state index in [9.17, 15) is 8.42 Å². The van der Waals surface area contributed by atoms with Crippen molar-refractivity contribution in [3.8, 4) is 0 Å². The zero-order valence-corrected chi connectivity index (χ0v) is 14.7. The lowest BCUT2D eigenvalue weighted by Gasteiger charge is -2.20. The predicted octanol–water partition coefficient (Wildman–Crippen LogP) is 4.15. The molecule has 0 unspecified atom stereocenters. The van der Waals surface area contributed by atoms with Crippen LogP contribution in [-0.2, 0) is 16.4 Å². The van der Waals surface area contributed by atoms with Crippen LogP contribution in [0.4, 0.5) is 5.69 Å². The van der Waals surface area contributed by atoms with Crippen LogP contribution in [0.2, 0.25) is 0 Å². The molecule has 0 aliphatic carbocycles.